The van der Waals surface area contributed by atoms with Crippen molar-refractivity contribution in [2.45, 2.75) is 39.5 Å². The number of nitrogens with zero attached hydrogens (tertiary/aromatic N) is 4. The molecule has 27 heavy (non-hydrogen) atoms. The molecule has 1 amide bonds. The first kappa shape index (κ1) is 19.5. The number of anilines is 1. The Kier molecular flexibility index (Phi) is 6.55. The van der Waals surface area contributed by atoms with Crippen LogP contribution in [0.1, 0.15) is 38.1 Å². The van der Waals surface area contributed by atoms with Gasteiger partial charge in [0.1, 0.15) is 5.52 Å². The Morgan fingerprint density at radius 3 is 2.59 bits per heavy atom. The average molecular weight is 371 g/mol. The van der Waals surface area contributed by atoms with Crippen LogP contribution in [0.3, 0.4) is 0 Å². The van der Waals surface area contributed by atoms with Gasteiger partial charge in [-0.3, -0.25) is 4.79 Å². The third-order valence-corrected chi connectivity index (χ3v) is 5.17. The molecule has 7 nitrogen and oxygen atoms in total. The standard InChI is InChI=1S/C20H29N5O2/c1-4-16-17(5-2)24-19-18(23-16)12-15(13-22-19)25-9-6-14(7-10-25)20(26)21-8-11-27-3/h12-14H,4-11H2,1-3H3,(H,21,26). The van der Waals surface area contributed by atoms with Gasteiger partial charge in [-0.05, 0) is 31.7 Å². The van der Waals surface area contributed by atoms with E-state index >= 15 is 0 Å². The number of carbonyl (C=O) groups excluding carboxylic acids is 1. The van der Waals surface area contributed by atoms with Crippen LogP contribution in [0.2, 0.25) is 0 Å². The van der Waals surface area contributed by atoms with E-state index in [-0.39, 0.29) is 11.8 Å². The molecular formula is C20H29N5O2. The van der Waals surface area contributed by atoms with Crippen LogP contribution in [0, 0.1) is 5.92 Å². The molecule has 0 radical (unpaired) electrons. The van der Waals surface area contributed by atoms with Crippen LogP contribution in [0.25, 0.3) is 11.2 Å². The van der Waals surface area contributed by atoms with Gasteiger partial charge in [-0.2, -0.15) is 0 Å². The van der Waals surface area contributed by atoms with Gasteiger partial charge in [0.25, 0.3) is 0 Å². The van der Waals surface area contributed by atoms with Crippen LogP contribution in [0.5, 0.6) is 0 Å². The maximum Gasteiger partial charge on any atom is 0.223 e. The lowest BCUT2D eigenvalue weighted by atomic mass is 9.95. The zero-order valence-electron chi connectivity index (χ0n) is 16.5. The Labute approximate surface area is 160 Å². The van der Waals surface area contributed by atoms with Gasteiger partial charge in [0.05, 0.1) is 29.9 Å². The topological polar surface area (TPSA) is 80.2 Å². The number of aryl methyl sites for hydroxylation is 2. The Morgan fingerprint density at radius 2 is 1.93 bits per heavy atom. The second kappa shape index (κ2) is 9.08. The molecule has 2 aromatic heterocycles. The molecule has 3 rings (SSSR count). The first-order valence-electron chi connectivity index (χ1n) is 9.83. The highest BCUT2D eigenvalue weighted by atomic mass is 16.5. The molecule has 1 N–H and O–H groups in total. The highest BCUT2D eigenvalue weighted by molar-refractivity contribution is 5.79. The molecular weight excluding hydrogens is 342 g/mol. The average Bonchev–Trinajstić information content (AvgIpc) is 2.72. The van der Waals surface area contributed by atoms with Gasteiger partial charge in [-0.25, -0.2) is 15.0 Å². The molecule has 0 aromatic carbocycles. The fraction of sp³-hybridized carbons (Fsp3) is 0.600. The predicted molar refractivity (Wildman–Crippen MR) is 106 cm³/mol. The summed E-state index contributed by atoms with van der Waals surface area (Å²) in [5, 5.41) is 2.94. The monoisotopic (exact) mass is 371 g/mol. The lowest BCUT2D eigenvalue weighted by Gasteiger charge is -2.32. The summed E-state index contributed by atoms with van der Waals surface area (Å²) in [6.45, 7) is 7.01. The van der Waals surface area contributed by atoms with E-state index in [1.54, 1.807) is 7.11 Å². The predicted octanol–water partition coefficient (Wildman–Crippen LogP) is 2.13. The minimum Gasteiger partial charge on any atom is -0.383 e. The summed E-state index contributed by atoms with van der Waals surface area (Å²) in [7, 11) is 1.64. The smallest absolute Gasteiger partial charge is 0.223 e. The van der Waals surface area contributed by atoms with Crippen LogP contribution >= 0.6 is 0 Å². The van der Waals surface area contributed by atoms with Crippen LogP contribution < -0.4 is 10.2 Å². The van der Waals surface area contributed by atoms with E-state index in [4.69, 9.17) is 9.72 Å². The first-order valence-corrected chi connectivity index (χ1v) is 9.83. The molecule has 1 aliphatic heterocycles. The molecule has 1 aliphatic rings. The quantitative estimate of drug-likeness (QED) is 0.751. The van der Waals surface area contributed by atoms with Gasteiger partial charge in [0.2, 0.25) is 5.91 Å². The fourth-order valence-corrected chi connectivity index (χ4v) is 3.57. The molecule has 0 spiro atoms. The van der Waals surface area contributed by atoms with Crippen molar-refractivity contribution < 1.29 is 9.53 Å². The van der Waals surface area contributed by atoms with Gasteiger partial charge >= 0.3 is 0 Å². The van der Waals surface area contributed by atoms with E-state index < -0.39 is 0 Å². The SMILES string of the molecule is CCc1nc2cc(N3CCC(C(=O)NCCOC)CC3)cnc2nc1CC. The van der Waals surface area contributed by atoms with Crippen LogP contribution in [-0.4, -0.2) is 54.2 Å². The largest absolute Gasteiger partial charge is 0.383 e. The maximum absolute atomic E-state index is 12.2. The van der Waals surface area contributed by atoms with Crippen molar-refractivity contribution in [3.8, 4) is 0 Å². The number of fused-ring (bicyclic) bond motifs is 1. The number of hydrogen-bond donors (Lipinski definition) is 1. The Bertz CT molecular complexity index is 787. The van der Waals surface area contributed by atoms with Crippen molar-refractivity contribution >= 4 is 22.8 Å². The minimum atomic E-state index is 0.0742. The Morgan fingerprint density at radius 1 is 1.22 bits per heavy atom. The zero-order chi connectivity index (χ0) is 19.2. The number of pyridine rings is 1. The summed E-state index contributed by atoms with van der Waals surface area (Å²) in [6.07, 6.45) is 5.31. The maximum atomic E-state index is 12.2. The highest BCUT2D eigenvalue weighted by Crippen LogP contribution is 2.25. The lowest BCUT2D eigenvalue weighted by Crippen LogP contribution is -2.41. The summed E-state index contributed by atoms with van der Waals surface area (Å²) >= 11 is 0. The number of amides is 1. The summed E-state index contributed by atoms with van der Waals surface area (Å²) in [4.78, 5) is 28.5. The second-order valence-corrected chi connectivity index (χ2v) is 6.91. The summed E-state index contributed by atoms with van der Waals surface area (Å²) in [5.41, 5.74) is 4.70. The van der Waals surface area contributed by atoms with Gasteiger partial charge < -0.3 is 15.0 Å². The highest BCUT2D eigenvalue weighted by Gasteiger charge is 2.25. The van der Waals surface area contributed by atoms with Crippen LogP contribution in [-0.2, 0) is 22.4 Å². The van der Waals surface area contributed by atoms with Crippen molar-refractivity contribution in [2.24, 2.45) is 5.92 Å². The molecule has 0 atom stereocenters. The summed E-state index contributed by atoms with van der Waals surface area (Å²) < 4.78 is 4.98. The minimum absolute atomic E-state index is 0.0742. The molecule has 3 heterocycles. The van der Waals surface area contributed by atoms with E-state index in [0.29, 0.717) is 18.8 Å². The number of methoxy groups -OCH3 is 1. The van der Waals surface area contributed by atoms with Gasteiger partial charge in [0.15, 0.2) is 5.65 Å². The number of piperidine rings is 1. The number of carbonyl (C=O) groups is 1. The molecule has 1 fully saturated rings. The Hall–Kier alpha value is -2.28. The number of ether oxygens (including phenoxy) is 1. The number of nitrogens with one attached hydrogen (secondary N) is 1. The van der Waals surface area contributed by atoms with Crippen molar-refractivity contribution in [1.82, 2.24) is 20.3 Å². The first-order chi connectivity index (χ1) is 13.2. The number of rotatable bonds is 7. The van der Waals surface area contributed by atoms with Crippen molar-refractivity contribution in [2.75, 3.05) is 38.3 Å². The molecule has 0 bridgehead atoms. The van der Waals surface area contributed by atoms with Crippen molar-refractivity contribution in [1.29, 1.82) is 0 Å². The molecule has 7 heteroatoms. The summed E-state index contributed by atoms with van der Waals surface area (Å²) in [6, 6.07) is 2.08. The summed E-state index contributed by atoms with van der Waals surface area (Å²) in [5.74, 6) is 0.207. The van der Waals surface area contributed by atoms with E-state index in [2.05, 4.69) is 40.1 Å². The molecule has 0 aliphatic carbocycles. The second-order valence-electron chi connectivity index (χ2n) is 6.91. The molecule has 1 saturated heterocycles. The van der Waals surface area contributed by atoms with Crippen molar-refractivity contribution in [3.63, 3.8) is 0 Å². The lowest BCUT2D eigenvalue weighted by molar-refractivity contribution is -0.125. The third kappa shape index (κ3) is 4.53. The van der Waals surface area contributed by atoms with E-state index in [0.717, 1.165) is 61.4 Å². The van der Waals surface area contributed by atoms with Gasteiger partial charge in [0, 0.05) is 32.7 Å². The number of hydrogen-bond acceptors (Lipinski definition) is 6. The van der Waals surface area contributed by atoms with E-state index in [9.17, 15) is 4.79 Å². The molecule has 2 aromatic rings. The van der Waals surface area contributed by atoms with Gasteiger partial charge in [-0.15, -0.1) is 0 Å². The normalized spacial score (nSPS) is 15.3. The van der Waals surface area contributed by atoms with Crippen LogP contribution in [0.4, 0.5) is 5.69 Å². The number of aromatic nitrogens is 3. The van der Waals surface area contributed by atoms with Crippen molar-refractivity contribution in [3.05, 3.63) is 23.7 Å². The van der Waals surface area contributed by atoms with Crippen LogP contribution in [0.15, 0.2) is 12.3 Å². The fourth-order valence-electron chi connectivity index (χ4n) is 3.57. The van der Waals surface area contributed by atoms with E-state index in [1.165, 1.54) is 0 Å². The molecule has 146 valence electrons. The van der Waals surface area contributed by atoms with Gasteiger partial charge in [-0.1, -0.05) is 13.8 Å². The zero-order valence-corrected chi connectivity index (χ0v) is 16.5. The molecule has 0 unspecified atom stereocenters. The third-order valence-electron chi connectivity index (χ3n) is 5.17. The molecule has 0 saturated carbocycles. The Balaban J connectivity index is 1.67. The van der Waals surface area contributed by atoms with E-state index in [1.807, 2.05) is 6.20 Å².